The second-order valence-electron chi connectivity index (χ2n) is 5.65. The molecular formula is C17H26N4O3. The fourth-order valence-corrected chi connectivity index (χ4v) is 2.67. The van der Waals surface area contributed by atoms with Crippen molar-refractivity contribution in [2.24, 2.45) is 0 Å². The molecule has 0 spiro atoms. The number of nitrogens with two attached hydrogens (primary N) is 1. The van der Waals surface area contributed by atoms with E-state index in [1.54, 1.807) is 20.3 Å². The van der Waals surface area contributed by atoms with Crippen molar-refractivity contribution in [3.8, 4) is 11.5 Å². The fourth-order valence-electron chi connectivity index (χ4n) is 2.67. The summed E-state index contributed by atoms with van der Waals surface area (Å²) < 4.78 is 10.7. The van der Waals surface area contributed by atoms with Gasteiger partial charge in [-0.05, 0) is 18.9 Å². The van der Waals surface area contributed by atoms with E-state index in [0.717, 1.165) is 24.6 Å². The van der Waals surface area contributed by atoms with Crippen molar-refractivity contribution in [1.82, 2.24) is 9.97 Å². The van der Waals surface area contributed by atoms with E-state index in [0.29, 0.717) is 29.3 Å². The van der Waals surface area contributed by atoms with Gasteiger partial charge >= 0.3 is 0 Å². The van der Waals surface area contributed by atoms with Crippen molar-refractivity contribution in [3.05, 3.63) is 12.1 Å². The standard InChI is InChI=1S/C17H26N4O3/c1-4-5-6-11(7-8-22)19-16-12-9-14(23-2)15(24-3)10-13(12)20-17(18)21-16/h9-11,22H,4-8H2,1-3H3,(H3,18,19,20,21). The molecule has 0 aliphatic heterocycles. The Morgan fingerprint density at radius 1 is 1.17 bits per heavy atom. The fraction of sp³-hybridized carbons (Fsp3) is 0.529. The van der Waals surface area contributed by atoms with Gasteiger partial charge in [-0.25, -0.2) is 4.98 Å². The Kier molecular flexibility index (Phi) is 6.43. The van der Waals surface area contributed by atoms with Crippen molar-refractivity contribution in [1.29, 1.82) is 0 Å². The van der Waals surface area contributed by atoms with Crippen LogP contribution in [0.5, 0.6) is 11.5 Å². The lowest BCUT2D eigenvalue weighted by Gasteiger charge is -2.20. The summed E-state index contributed by atoms with van der Waals surface area (Å²) in [4.78, 5) is 8.62. The van der Waals surface area contributed by atoms with E-state index < -0.39 is 0 Å². The van der Waals surface area contributed by atoms with Crippen LogP contribution in [0.4, 0.5) is 11.8 Å². The van der Waals surface area contributed by atoms with Crippen LogP contribution in [0.3, 0.4) is 0 Å². The zero-order valence-corrected chi connectivity index (χ0v) is 14.5. The Hall–Kier alpha value is -2.28. The van der Waals surface area contributed by atoms with Gasteiger partial charge in [0.2, 0.25) is 5.95 Å². The summed E-state index contributed by atoms with van der Waals surface area (Å²) in [6.07, 6.45) is 3.78. The summed E-state index contributed by atoms with van der Waals surface area (Å²) in [5.41, 5.74) is 6.53. The summed E-state index contributed by atoms with van der Waals surface area (Å²) in [6, 6.07) is 3.75. The van der Waals surface area contributed by atoms with Crippen LogP contribution >= 0.6 is 0 Å². The molecule has 1 unspecified atom stereocenters. The quantitative estimate of drug-likeness (QED) is 0.647. The highest BCUT2D eigenvalue weighted by Gasteiger charge is 2.15. The zero-order chi connectivity index (χ0) is 17.5. The van der Waals surface area contributed by atoms with Crippen LogP contribution in [-0.4, -0.2) is 41.9 Å². The molecule has 1 aromatic heterocycles. The summed E-state index contributed by atoms with van der Waals surface area (Å²) >= 11 is 0. The van der Waals surface area contributed by atoms with E-state index in [2.05, 4.69) is 22.2 Å². The number of nitrogens with one attached hydrogen (secondary N) is 1. The first-order valence-electron chi connectivity index (χ1n) is 8.19. The predicted octanol–water partition coefficient (Wildman–Crippen LogP) is 2.58. The second kappa shape index (κ2) is 8.54. The van der Waals surface area contributed by atoms with Crippen LogP contribution < -0.4 is 20.5 Å². The molecule has 4 N–H and O–H groups in total. The van der Waals surface area contributed by atoms with Gasteiger partial charge < -0.3 is 25.6 Å². The highest BCUT2D eigenvalue weighted by atomic mass is 16.5. The first-order chi connectivity index (χ1) is 11.6. The number of fused-ring (bicyclic) bond motifs is 1. The van der Waals surface area contributed by atoms with Gasteiger partial charge in [0.15, 0.2) is 11.5 Å². The number of ether oxygens (including phenoxy) is 2. The number of aliphatic hydroxyl groups excluding tert-OH is 1. The van der Waals surface area contributed by atoms with Gasteiger partial charge in [0.1, 0.15) is 5.82 Å². The number of nitrogens with zero attached hydrogens (tertiary/aromatic N) is 2. The Bertz CT molecular complexity index is 678. The molecule has 0 aliphatic carbocycles. The molecule has 2 rings (SSSR count). The average Bonchev–Trinajstić information content (AvgIpc) is 2.58. The molecule has 7 nitrogen and oxygen atoms in total. The maximum Gasteiger partial charge on any atom is 0.222 e. The van der Waals surface area contributed by atoms with E-state index in [1.807, 2.05) is 6.07 Å². The molecule has 0 radical (unpaired) electrons. The molecule has 2 aromatic rings. The van der Waals surface area contributed by atoms with Gasteiger partial charge in [-0.3, -0.25) is 0 Å². The first-order valence-corrected chi connectivity index (χ1v) is 8.19. The number of aliphatic hydroxyl groups is 1. The Morgan fingerprint density at radius 3 is 2.50 bits per heavy atom. The lowest BCUT2D eigenvalue weighted by molar-refractivity contribution is 0.276. The van der Waals surface area contributed by atoms with E-state index in [-0.39, 0.29) is 18.6 Å². The van der Waals surface area contributed by atoms with Crippen molar-refractivity contribution in [2.75, 3.05) is 31.9 Å². The van der Waals surface area contributed by atoms with E-state index in [9.17, 15) is 5.11 Å². The molecule has 0 saturated heterocycles. The van der Waals surface area contributed by atoms with Gasteiger partial charge in [0.25, 0.3) is 0 Å². The molecule has 24 heavy (non-hydrogen) atoms. The van der Waals surface area contributed by atoms with E-state index in [4.69, 9.17) is 15.2 Å². The van der Waals surface area contributed by atoms with E-state index in [1.165, 1.54) is 0 Å². The van der Waals surface area contributed by atoms with Crippen molar-refractivity contribution >= 4 is 22.7 Å². The molecule has 1 heterocycles. The van der Waals surface area contributed by atoms with Crippen LogP contribution in [0, 0.1) is 0 Å². The van der Waals surface area contributed by atoms with Crippen molar-refractivity contribution in [3.63, 3.8) is 0 Å². The smallest absolute Gasteiger partial charge is 0.222 e. The predicted molar refractivity (Wildman–Crippen MR) is 95.7 cm³/mol. The molecule has 1 aromatic carbocycles. The minimum absolute atomic E-state index is 0.122. The number of methoxy groups -OCH3 is 2. The molecule has 0 amide bonds. The number of hydrogen-bond donors (Lipinski definition) is 3. The molecule has 7 heteroatoms. The Morgan fingerprint density at radius 2 is 1.88 bits per heavy atom. The number of unbranched alkanes of at least 4 members (excludes halogenated alkanes) is 1. The SMILES string of the molecule is CCCCC(CCO)Nc1nc(N)nc2cc(OC)c(OC)cc12. The van der Waals surface area contributed by atoms with Gasteiger partial charge in [-0.15, -0.1) is 0 Å². The first kappa shape index (κ1) is 18.1. The molecule has 0 aliphatic rings. The van der Waals surface area contributed by atoms with Crippen LogP contribution in [0.2, 0.25) is 0 Å². The summed E-state index contributed by atoms with van der Waals surface area (Å²) in [5.74, 6) is 2.03. The topological polar surface area (TPSA) is 103 Å². The van der Waals surface area contributed by atoms with Crippen LogP contribution in [0.15, 0.2) is 12.1 Å². The minimum atomic E-state index is 0.122. The number of nitrogen functional groups attached to an aromatic ring is 1. The normalized spacial score (nSPS) is 12.2. The van der Waals surface area contributed by atoms with Crippen molar-refractivity contribution < 1.29 is 14.6 Å². The van der Waals surface area contributed by atoms with Gasteiger partial charge in [0.05, 0.1) is 19.7 Å². The van der Waals surface area contributed by atoms with Gasteiger partial charge in [-0.2, -0.15) is 4.98 Å². The molecule has 0 saturated carbocycles. The molecule has 132 valence electrons. The summed E-state index contributed by atoms with van der Waals surface area (Å²) in [5, 5.41) is 13.5. The maximum absolute atomic E-state index is 9.30. The summed E-state index contributed by atoms with van der Waals surface area (Å²) in [7, 11) is 3.17. The monoisotopic (exact) mass is 334 g/mol. The highest BCUT2D eigenvalue weighted by molar-refractivity contribution is 5.92. The number of rotatable bonds is 9. The lowest BCUT2D eigenvalue weighted by Crippen LogP contribution is -2.22. The highest BCUT2D eigenvalue weighted by Crippen LogP contribution is 2.34. The molecule has 0 bridgehead atoms. The van der Waals surface area contributed by atoms with Crippen LogP contribution in [-0.2, 0) is 0 Å². The third kappa shape index (κ3) is 4.17. The number of aromatic nitrogens is 2. The lowest BCUT2D eigenvalue weighted by atomic mass is 10.1. The third-order valence-corrected chi connectivity index (χ3v) is 3.94. The van der Waals surface area contributed by atoms with Crippen LogP contribution in [0.1, 0.15) is 32.6 Å². The Labute approximate surface area is 142 Å². The van der Waals surface area contributed by atoms with Gasteiger partial charge in [-0.1, -0.05) is 19.8 Å². The largest absolute Gasteiger partial charge is 0.493 e. The van der Waals surface area contributed by atoms with Crippen molar-refractivity contribution in [2.45, 2.75) is 38.6 Å². The van der Waals surface area contributed by atoms with Gasteiger partial charge in [0, 0.05) is 24.1 Å². The number of hydrogen-bond acceptors (Lipinski definition) is 7. The molecule has 1 atom stereocenters. The van der Waals surface area contributed by atoms with Crippen LogP contribution in [0.25, 0.3) is 10.9 Å². The van der Waals surface area contributed by atoms with E-state index >= 15 is 0 Å². The molecular weight excluding hydrogens is 308 g/mol. The molecule has 0 fully saturated rings. The number of benzene rings is 1. The third-order valence-electron chi connectivity index (χ3n) is 3.94. The maximum atomic E-state index is 9.30. The average molecular weight is 334 g/mol. The summed E-state index contributed by atoms with van der Waals surface area (Å²) in [6.45, 7) is 2.27. The second-order valence-corrected chi connectivity index (χ2v) is 5.65. The number of anilines is 2. The Balaban J connectivity index is 2.43. The zero-order valence-electron chi connectivity index (χ0n) is 14.5. The minimum Gasteiger partial charge on any atom is -0.493 e.